The van der Waals surface area contributed by atoms with Crippen molar-refractivity contribution in [3.05, 3.63) is 67.0 Å². The molecule has 0 fully saturated rings. The van der Waals surface area contributed by atoms with Gasteiger partial charge in [-0.15, -0.1) is 0 Å². The summed E-state index contributed by atoms with van der Waals surface area (Å²) in [6.45, 7) is 3.09. The number of halogens is 1. The molecule has 2 aliphatic rings. The van der Waals surface area contributed by atoms with E-state index in [-0.39, 0.29) is 47.3 Å². The molecule has 0 saturated carbocycles. The van der Waals surface area contributed by atoms with E-state index >= 15 is 0 Å². The lowest BCUT2D eigenvalue weighted by molar-refractivity contribution is -0.172. The minimum atomic E-state index is -1.99. The van der Waals surface area contributed by atoms with Crippen LogP contribution in [-0.2, 0) is 40.2 Å². The van der Waals surface area contributed by atoms with E-state index in [1.54, 1.807) is 25.5 Å². The van der Waals surface area contributed by atoms with Crippen LogP contribution < -0.4 is 11.0 Å². The quantitative estimate of drug-likeness (QED) is 0.280. The number of nitrogens with zero attached hydrogens (tertiary/aromatic N) is 3. The van der Waals surface area contributed by atoms with Crippen molar-refractivity contribution >= 4 is 22.6 Å². The highest BCUT2D eigenvalue weighted by atomic mass is 19.1. The smallest absolute Gasteiger partial charge is 0.343 e. The number of carbonyl (C=O) groups excluding carboxylic acids is 1. The Morgan fingerprint density at radius 3 is 2.71 bits per heavy atom. The van der Waals surface area contributed by atoms with E-state index in [2.05, 4.69) is 5.16 Å². The number of fused-ring (bicyclic) bond motifs is 5. The van der Waals surface area contributed by atoms with E-state index in [4.69, 9.17) is 9.57 Å². The third-order valence-electron chi connectivity index (χ3n) is 6.80. The Kier molecular flexibility index (Phi) is 4.77. The summed E-state index contributed by atoms with van der Waals surface area (Å²) in [6, 6.07) is 3.95. The number of oxime groups is 1. The van der Waals surface area contributed by atoms with E-state index in [1.807, 2.05) is 0 Å². The van der Waals surface area contributed by atoms with Gasteiger partial charge in [0.2, 0.25) is 0 Å². The number of rotatable bonds is 3. The first-order valence-electron chi connectivity index (χ1n) is 10.7. The van der Waals surface area contributed by atoms with Crippen molar-refractivity contribution in [2.45, 2.75) is 39.0 Å². The first-order chi connectivity index (χ1) is 16.1. The minimum Gasteiger partial charge on any atom is -0.458 e. The third-order valence-corrected chi connectivity index (χ3v) is 6.80. The molecule has 0 aliphatic carbocycles. The van der Waals surface area contributed by atoms with E-state index in [1.165, 1.54) is 23.8 Å². The summed E-state index contributed by atoms with van der Waals surface area (Å²) < 4.78 is 22.8. The average Bonchev–Trinajstić information content (AvgIpc) is 3.20. The Balaban J connectivity index is 1.88. The molecule has 176 valence electrons. The van der Waals surface area contributed by atoms with E-state index in [9.17, 15) is 23.9 Å². The van der Waals surface area contributed by atoms with Crippen LogP contribution in [0.3, 0.4) is 0 Å². The van der Waals surface area contributed by atoms with Crippen molar-refractivity contribution in [2.24, 2.45) is 12.2 Å². The van der Waals surface area contributed by atoms with Crippen molar-refractivity contribution in [2.75, 3.05) is 7.11 Å². The van der Waals surface area contributed by atoms with Gasteiger partial charge in [0.25, 0.3) is 5.56 Å². The molecular formula is C24H22FN3O6. The fourth-order valence-electron chi connectivity index (χ4n) is 5.03. The minimum absolute atomic E-state index is 0.00298. The fourth-order valence-corrected chi connectivity index (χ4v) is 5.03. The molecule has 0 saturated heterocycles. The molecule has 1 unspecified atom stereocenters. The van der Waals surface area contributed by atoms with Crippen LogP contribution in [0.2, 0.25) is 0 Å². The fraction of sp³-hybridized carbons (Fsp3) is 0.333. The molecule has 34 heavy (non-hydrogen) atoms. The Bertz CT molecular complexity index is 1570. The van der Waals surface area contributed by atoms with Crippen LogP contribution in [0.4, 0.5) is 4.39 Å². The zero-order valence-electron chi connectivity index (χ0n) is 19.1. The van der Waals surface area contributed by atoms with Crippen molar-refractivity contribution < 1.29 is 23.9 Å². The summed E-state index contributed by atoms with van der Waals surface area (Å²) >= 11 is 0. The molecule has 2 aromatic heterocycles. The highest BCUT2D eigenvalue weighted by Crippen LogP contribution is 2.38. The largest absolute Gasteiger partial charge is 0.458 e. The molecule has 1 N–H and O–H groups in total. The van der Waals surface area contributed by atoms with Gasteiger partial charge in [0, 0.05) is 23.6 Å². The summed E-state index contributed by atoms with van der Waals surface area (Å²) in [5.41, 5.74) is -0.306. The maximum Gasteiger partial charge on any atom is 0.343 e. The molecular weight excluding hydrogens is 445 g/mol. The van der Waals surface area contributed by atoms with Gasteiger partial charge in [0.1, 0.15) is 19.5 Å². The Morgan fingerprint density at radius 1 is 1.29 bits per heavy atom. The number of hydrogen-bond acceptors (Lipinski definition) is 7. The topological polar surface area (TPSA) is 112 Å². The predicted molar refractivity (Wildman–Crippen MR) is 121 cm³/mol. The molecule has 0 amide bonds. The predicted octanol–water partition coefficient (Wildman–Crippen LogP) is 1.89. The second-order valence-corrected chi connectivity index (χ2v) is 8.52. The van der Waals surface area contributed by atoms with Gasteiger partial charge in [-0.25, -0.2) is 9.18 Å². The number of benzene rings is 1. The maximum absolute atomic E-state index is 14.6. The molecule has 0 bridgehead atoms. The van der Waals surface area contributed by atoms with Crippen LogP contribution in [-0.4, -0.2) is 33.0 Å². The van der Waals surface area contributed by atoms with Gasteiger partial charge < -0.3 is 23.8 Å². The summed E-state index contributed by atoms with van der Waals surface area (Å²) in [6.07, 6.45) is -0.00298. The van der Waals surface area contributed by atoms with E-state index in [0.717, 1.165) is 6.07 Å². The van der Waals surface area contributed by atoms with Crippen molar-refractivity contribution in [1.82, 2.24) is 9.13 Å². The number of aromatic nitrogens is 2. The Hall–Kier alpha value is -3.79. The summed E-state index contributed by atoms with van der Waals surface area (Å²) in [5.74, 6) is -1.45. The number of pyridine rings is 2. The SMILES string of the molecule is CCC1(O)C(=O)OCc2c1cc1n(c2=O)Cc2c-1c(=O)c1cc(F)cc(/C(C)=N\OC)c1n2C. The third kappa shape index (κ3) is 2.75. The number of carbonyl (C=O) groups is 1. The second-order valence-electron chi connectivity index (χ2n) is 8.52. The number of aryl methyl sites for hydroxylation is 1. The number of cyclic esters (lactones) is 1. The highest BCUT2D eigenvalue weighted by Gasteiger charge is 2.45. The van der Waals surface area contributed by atoms with Crippen LogP contribution >= 0.6 is 0 Å². The van der Waals surface area contributed by atoms with Gasteiger partial charge in [0.15, 0.2) is 11.0 Å². The molecule has 3 aromatic rings. The van der Waals surface area contributed by atoms with Gasteiger partial charge in [-0.2, -0.15) is 0 Å². The standard InChI is InChI=1S/C24H22FN3O6/c1-5-24(32)16-8-17-19-18(9-28(17)22(30)15(16)10-34-23(24)31)27(3)20-13(11(2)26-33-4)6-12(25)7-14(20)21(19)29/h6-8,32H,5,9-10H2,1-4H3/b26-11-. The molecule has 1 atom stereocenters. The Labute approximate surface area is 192 Å². The summed E-state index contributed by atoms with van der Waals surface area (Å²) in [5, 5.41) is 15.0. The monoisotopic (exact) mass is 467 g/mol. The average molecular weight is 467 g/mol. The lowest BCUT2D eigenvalue weighted by atomic mass is 9.85. The zero-order chi connectivity index (χ0) is 24.5. The second kappa shape index (κ2) is 7.36. The van der Waals surface area contributed by atoms with Crippen molar-refractivity contribution in [3.63, 3.8) is 0 Å². The number of hydrogen-bond donors (Lipinski definition) is 1. The van der Waals surface area contributed by atoms with Crippen LogP contribution in [0.5, 0.6) is 0 Å². The molecule has 4 heterocycles. The van der Waals surface area contributed by atoms with Gasteiger partial charge in [-0.1, -0.05) is 12.1 Å². The summed E-state index contributed by atoms with van der Waals surface area (Å²) in [4.78, 5) is 44.2. The molecule has 9 nitrogen and oxygen atoms in total. The van der Waals surface area contributed by atoms with Crippen LogP contribution in [0.1, 0.15) is 42.7 Å². The lowest BCUT2D eigenvalue weighted by Gasteiger charge is -2.31. The van der Waals surface area contributed by atoms with Crippen LogP contribution in [0.15, 0.2) is 32.9 Å². The first kappa shape index (κ1) is 22.0. The lowest BCUT2D eigenvalue weighted by Crippen LogP contribution is -2.44. The highest BCUT2D eigenvalue weighted by molar-refractivity contribution is 6.09. The zero-order valence-corrected chi connectivity index (χ0v) is 19.1. The van der Waals surface area contributed by atoms with Crippen molar-refractivity contribution in [3.8, 4) is 11.3 Å². The maximum atomic E-state index is 14.6. The molecule has 5 rings (SSSR count). The molecule has 1 aromatic carbocycles. The summed E-state index contributed by atoms with van der Waals surface area (Å²) in [7, 11) is 3.10. The van der Waals surface area contributed by atoms with E-state index in [0.29, 0.717) is 22.5 Å². The molecule has 2 aliphatic heterocycles. The van der Waals surface area contributed by atoms with Crippen LogP contribution in [0.25, 0.3) is 22.2 Å². The normalized spacial score (nSPS) is 19.0. The van der Waals surface area contributed by atoms with Gasteiger partial charge in [0.05, 0.1) is 40.3 Å². The van der Waals surface area contributed by atoms with Gasteiger partial charge in [-0.3, -0.25) is 9.59 Å². The van der Waals surface area contributed by atoms with Crippen LogP contribution in [0, 0.1) is 5.82 Å². The van der Waals surface area contributed by atoms with E-state index < -0.39 is 28.4 Å². The molecule has 10 heteroatoms. The molecule has 0 spiro atoms. The number of aliphatic hydroxyl groups is 1. The van der Waals surface area contributed by atoms with Gasteiger partial charge >= 0.3 is 5.97 Å². The first-order valence-corrected chi connectivity index (χ1v) is 10.7. The number of esters is 1. The van der Waals surface area contributed by atoms with Crippen molar-refractivity contribution in [1.29, 1.82) is 0 Å². The molecule has 0 radical (unpaired) electrons. The van der Waals surface area contributed by atoms with Gasteiger partial charge in [-0.05, 0) is 31.5 Å². The Morgan fingerprint density at radius 2 is 2.03 bits per heavy atom. The number of ether oxygens (including phenoxy) is 1.